The zero-order valence-corrected chi connectivity index (χ0v) is 20.1. The summed E-state index contributed by atoms with van der Waals surface area (Å²) >= 11 is 0. The number of hydrogen-bond acceptors (Lipinski definition) is 3. The van der Waals surface area contributed by atoms with Gasteiger partial charge in [0.25, 0.3) is 0 Å². The Hall–Kier alpha value is -1.36. The third-order valence-electron chi connectivity index (χ3n) is 6.98. The summed E-state index contributed by atoms with van der Waals surface area (Å²) in [7, 11) is 0. The van der Waals surface area contributed by atoms with E-state index in [0.29, 0.717) is 12.8 Å². The zero-order chi connectivity index (χ0) is 27.0. The van der Waals surface area contributed by atoms with Crippen molar-refractivity contribution < 1.29 is 53.8 Å². The molecule has 0 saturated heterocycles. The second kappa shape index (κ2) is 9.95. The number of halogens is 9. The van der Waals surface area contributed by atoms with Gasteiger partial charge >= 0.3 is 30.3 Å². The number of carbonyl (C=O) groups is 1. The van der Waals surface area contributed by atoms with Gasteiger partial charge in [0.15, 0.2) is 0 Å². The minimum absolute atomic E-state index is 0.160. The second-order valence-corrected chi connectivity index (χ2v) is 10.3. The fraction of sp³-hybridized carbons (Fsp3) is 0.955. The number of ether oxygens (including phenoxy) is 2. The number of fused-ring (bicyclic) bond motifs is 2. The van der Waals surface area contributed by atoms with Crippen molar-refractivity contribution in [1.29, 1.82) is 0 Å². The van der Waals surface area contributed by atoms with Gasteiger partial charge in [0, 0.05) is 5.92 Å². The normalized spacial score (nSPS) is 23.9. The van der Waals surface area contributed by atoms with Crippen LogP contribution in [-0.2, 0) is 9.47 Å². The number of hydrogen-bond donors (Lipinski definition) is 0. The van der Waals surface area contributed by atoms with Crippen LogP contribution in [0.5, 0.6) is 0 Å². The predicted octanol–water partition coefficient (Wildman–Crippen LogP) is 8.61. The molecular formula is C22H33F9O3. The lowest BCUT2D eigenvalue weighted by Crippen LogP contribution is -2.65. The highest BCUT2D eigenvalue weighted by Crippen LogP contribution is 2.61. The molecule has 0 N–H and O–H groups in total. The maximum Gasteiger partial charge on any atom is 0.510 e. The Morgan fingerprint density at radius 3 is 1.44 bits per heavy atom. The highest BCUT2D eigenvalue weighted by molar-refractivity contribution is 5.61. The molecule has 0 radical (unpaired) electrons. The van der Waals surface area contributed by atoms with Gasteiger partial charge in [0.05, 0.1) is 5.41 Å². The number of carbonyl (C=O) groups excluding carboxylic acids is 1. The van der Waals surface area contributed by atoms with Crippen molar-refractivity contribution >= 4 is 6.16 Å². The molecule has 34 heavy (non-hydrogen) atoms. The summed E-state index contributed by atoms with van der Waals surface area (Å²) in [6.45, 7) is 8.37. The Bertz CT molecular complexity index is 672. The van der Waals surface area contributed by atoms with Gasteiger partial charge in [-0.05, 0) is 64.7 Å². The fourth-order valence-corrected chi connectivity index (χ4v) is 4.57. The van der Waals surface area contributed by atoms with Crippen LogP contribution in [0.4, 0.5) is 44.3 Å². The maximum atomic E-state index is 13.6. The first-order valence-electron chi connectivity index (χ1n) is 11.2. The fourth-order valence-electron chi connectivity index (χ4n) is 4.57. The van der Waals surface area contributed by atoms with Gasteiger partial charge < -0.3 is 9.47 Å². The van der Waals surface area contributed by atoms with Crippen molar-refractivity contribution in [2.24, 2.45) is 23.2 Å². The highest BCUT2D eigenvalue weighted by Gasteiger charge is 2.79. The van der Waals surface area contributed by atoms with Gasteiger partial charge in [-0.25, -0.2) is 4.79 Å². The van der Waals surface area contributed by atoms with E-state index in [2.05, 4.69) is 9.47 Å². The molecule has 2 rings (SSSR count). The Morgan fingerprint density at radius 1 is 0.735 bits per heavy atom. The minimum atomic E-state index is -5.78. The molecule has 202 valence electrons. The molecule has 0 spiro atoms. The van der Waals surface area contributed by atoms with Crippen molar-refractivity contribution in [2.45, 2.75) is 110 Å². The SMILES string of the molecule is CC(C)(C)OC(=O)OC(C1CC2CCC1C2)(C(F)(F)F)C(F)(F)F.CCC(C)(CC)C(F)(F)F. The van der Waals surface area contributed by atoms with Crippen molar-refractivity contribution in [3.05, 3.63) is 0 Å². The van der Waals surface area contributed by atoms with Crippen LogP contribution in [0.3, 0.4) is 0 Å². The van der Waals surface area contributed by atoms with Crippen LogP contribution in [0.25, 0.3) is 0 Å². The molecule has 0 aromatic rings. The quantitative estimate of drug-likeness (QED) is 0.277. The molecule has 3 nitrogen and oxygen atoms in total. The molecule has 2 fully saturated rings. The van der Waals surface area contributed by atoms with Crippen molar-refractivity contribution in [3.8, 4) is 0 Å². The molecule has 2 bridgehead atoms. The number of rotatable bonds is 4. The Kier molecular flexibility index (Phi) is 8.98. The molecule has 0 aromatic heterocycles. The van der Waals surface area contributed by atoms with Crippen molar-refractivity contribution in [3.63, 3.8) is 0 Å². The van der Waals surface area contributed by atoms with Crippen LogP contribution >= 0.6 is 0 Å². The van der Waals surface area contributed by atoms with E-state index in [0.717, 1.165) is 0 Å². The van der Waals surface area contributed by atoms with E-state index in [9.17, 15) is 44.3 Å². The van der Waals surface area contributed by atoms with Gasteiger partial charge in [-0.2, -0.15) is 39.5 Å². The molecule has 2 aliphatic rings. The third-order valence-corrected chi connectivity index (χ3v) is 6.98. The summed E-state index contributed by atoms with van der Waals surface area (Å²) in [6, 6.07) is 0. The first-order chi connectivity index (χ1) is 15.0. The van der Waals surface area contributed by atoms with E-state index in [1.54, 1.807) is 13.8 Å². The Balaban J connectivity index is 0.000000489. The standard InChI is InChI=1S/C15H20F6O3.C7H13F3/c1-12(2,3)23-11(22)24-13(14(16,17)18,15(19,20)21)10-7-8-4-5-9(10)6-8;1-4-6(3,5-2)7(8,9)10/h8-10H,4-7H2,1-3H3;4-5H2,1-3H3. The Labute approximate surface area is 193 Å². The first-order valence-corrected chi connectivity index (χ1v) is 11.2. The van der Waals surface area contributed by atoms with Crippen LogP contribution in [0.2, 0.25) is 0 Å². The van der Waals surface area contributed by atoms with Crippen LogP contribution in [0.15, 0.2) is 0 Å². The van der Waals surface area contributed by atoms with E-state index in [4.69, 9.17) is 0 Å². The van der Waals surface area contributed by atoms with Crippen molar-refractivity contribution in [1.82, 2.24) is 0 Å². The zero-order valence-electron chi connectivity index (χ0n) is 20.1. The van der Waals surface area contributed by atoms with Crippen molar-refractivity contribution in [2.75, 3.05) is 0 Å². The van der Waals surface area contributed by atoms with E-state index in [-0.39, 0.29) is 31.6 Å². The topological polar surface area (TPSA) is 35.5 Å². The summed E-state index contributed by atoms with van der Waals surface area (Å²) in [5.74, 6) is -2.78. The van der Waals surface area contributed by atoms with E-state index >= 15 is 0 Å². The minimum Gasteiger partial charge on any atom is -0.429 e. The van der Waals surface area contributed by atoms with Gasteiger partial charge in [0.1, 0.15) is 5.60 Å². The molecule has 3 atom stereocenters. The second-order valence-electron chi connectivity index (χ2n) is 10.3. The first kappa shape index (κ1) is 30.7. The van der Waals surface area contributed by atoms with Gasteiger partial charge in [-0.1, -0.05) is 27.2 Å². The largest absolute Gasteiger partial charge is 0.510 e. The molecule has 0 amide bonds. The monoisotopic (exact) mass is 516 g/mol. The van der Waals surface area contributed by atoms with Crippen LogP contribution in [0.1, 0.15) is 80.1 Å². The predicted molar refractivity (Wildman–Crippen MR) is 106 cm³/mol. The number of alkyl halides is 9. The third kappa shape index (κ3) is 6.44. The van der Waals surface area contributed by atoms with Gasteiger partial charge in [-0.15, -0.1) is 0 Å². The van der Waals surface area contributed by atoms with Crippen LogP contribution < -0.4 is 0 Å². The Morgan fingerprint density at radius 2 is 1.21 bits per heavy atom. The molecule has 12 heteroatoms. The van der Waals surface area contributed by atoms with Gasteiger partial charge in [-0.3, -0.25) is 0 Å². The average molecular weight is 516 g/mol. The molecule has 0 aromatic carbocycles. The molecule has 0 aliphatic heterocycles. The van der Waals surface area contributed by atoms with Gasteiger partial charge in [0.2, 0.25) is 0 Å². The van der Waals surface area contributed by atoms with E-state index in [1.807, 2.05) is 0 Å². The average Bonchev–Trinajstić information content (AvgIpc) is 3.25. The smallest absolute Gasteiger partial charge is 0.429 e. The lowest BCUT2D eigenvalue weighted by molar-refractivity contribution is -0.389. The molecular weight excluding hydrogens is 483 g/mol. The summed E-state index contributed by atoms with van der Waals surface area (Å²) in [5, 5.41) is 0. The summed E-state index contributed by atoms with van der Waals surface area (Å²) < 4.78 is 126. The maximum absolute atomic E-state index is 13.6. The lowest BCUT2D eigenvalue weighted by Gasteiger charge is -2.43. The molecule has 2 saturated carbocycles. The lowest BCUT2D eigenvalue weighted by atomic mass is 9.75. The van der Waals surface area contributed by atoms with E-state index < -0.39 is 53.1 Å². The van der Waals surface area contributed by atoms with E-state index in [1.165, 1.54) is 27.7 Å². The van der Waals surface area contributed by atoms with Crippen LogP contribution in [0, 0.1) is 23.2 Å². The highest BCUT2D eigenvalue weighted by atomic mass is 19.4. The molecule has 0 heterocycles. The summed E-state index contributed by atoms with van der Waals surface area (Å²) in [5.41, 5.74) is -7.27. The molecule has 2 aliphatic carbocycles. The molecule has 3 unspecified atom stereocenters. The summed E-state index contributed by atoms with van der Waals surface area (Å²) in [4.78, 5) is 11.7. The van der Waals surface area contributed by atoms with Crippen LogP contribution in [-0.4, -0.2) is 35.9 Å². The summed E-state index contributed by atoms with van der Waals surface area (Å²) in [6.07, 6.45) is -16.3.